The number of hydrogen-bond acceptors (Lipinski definition) is 5. The highest BCUT2D eigenvalue weighted by Crippen LogP contribution is 2.36. The van der Waals surface area contributed by atoms with Crippen LogP contribution in [0.25, 0.3) is 0 Å². The van der Waals surface area contributed by atoms with E-state index in [2.05, 4.69) is 0 Å². The van der Waals surface area contributed by atoms with E-state index in [1.165, 1.54) is 6.07 Å². The van der Waals surface area contributed by atoms with Gasteiger partial charge in [0.25, 0.3) is 5.69 Å². The number of rotatable bonds is 4. The summed E-state index contributed by atoms with van der Waals surface area (Å²) in [5.41, 5.74) is 4.69. The molecule has 0 spiro atoms. The zero-order valence-corrected chi connectivity index (χ0v) is 10.6. The fourth-order valence-electron chi connectivity index (χ4n) is 1.73. The molecule has 1 unspecified atom stereocenters. The van der Waals surface area contributed by atoms with E-state index in [0.717, 1.165) is 6.07 Å². The van der Waals surface area contributed by atoms with Crippen molar-refractivity contribution in [1.82, 2.24) is 0 Å². The number of nitrogens with zero attached hydrogens (tertiary/aromatic N) is 1. The number of carbonyl (C=O) groups is 1. The highest BCUT2D eigenvalue weighted by atomic mass is 35.5. The summed E-state index contributed by atoms with van der Waals surface area (Å²) in [4.78, 5) is 21.3. The van der Waals surface area contributed by atoms with Crippen molar-refractivity contribution in [2.75, 3.05) is 13.2 Å². The summed E-state index contributed by atoms with van der Waals surface area (Å²) in [6, 6.07) is 2.33. The third-order valence-electron chi connectivity index (χ3n) is 2.68. The van der Waals surface area contributed by atoms with Gasteiger partial charge in [-0.15, -0.1) is 0 Å². The van der Waals surface area contributed by atoms with E-state index < -0.39 is 16.5 Å². The topological polar surface area (TPSA) is 105 Å². The van der Waals surface area contributed by atoms with Crippen molar-refractivity contribution in [2.45, 2.75) is 12.5 Å². The van der Waals surface area contributed by atoms with Gasteiger partial charge in [0.2, 0.25) is 5.91 Å². The number of benzene rings is 1. The molecule has 19 heavy (non-hydrogen) atoms. The molecule has 0 radical (unpaired) electrons. The first-order valence-corrected chi connectivity index (χ1v) is 5.89. The van der Waals surface area contributed by atoms with Gasteiger partial charge < -0.3 is 15.2 Å². The normalized spacial score (nSPS) is 18.3. The molecule has 2 rings (SSSR count). The van der Waals surface area contributed by atoms with Gasteiger partial charge in [-0.1, -0.05) is 11.6 Å². The van der Waals surface area contributed by atoms with E-state index in [1.807, 2.05) is 0 Å². The molecule has 1 aliphatic rings. The van der Waals surface area contributed by atoms with Gasteiger partial charge in [-0.25, -0.2) is 0 Å². The number of ether oxygens (including phenoxy) is 2. The molecular formula is C11H11ClN2O5. The average Bonchev–Trinajstić information content (AvgIpc) is 2.83. The van der Waals surface area contributed by atoms with E-state index in [9.17, 15) is 14.9 Å². The summed E-state index contributed by atoms with van der Waals surface area (Å²) in [6.07, 6.45) is 0.422. The third-order valence-corrected chi connectivity index (χ3v) is 3.06. The van der Waals surface area contributed by atoms with Crippen LogP contribution in [0, 0.1) is 10.1 Å². The molecule has 1 heterocycles. The monoisotopic (exact) mass is 286 g/mol. The summed E-state index contributed by atoms with van der Waals surface area (Å²) < 4.78 is 10.6. The van der Waals surface area contributed by atoms with Crippen LogP contribution in [-0.4, -0.2) is 30.1 Å². The smallest absolute Gasteiger partial charge is 0.292 e. The number of nitro groups is 1. The Kier molecular flexibility index (Phi) is 3.87. The van der Waals surface area contributed by atoms with Crippen LogP contribution >= 0.6 is 11.6 Å². The van der Waals surface area contributed by atoms with Crippen LogP contribution < -0.4 is 10.5 Å². The number of halogens is 1. The van der Waals surface area contributed by atoms with Gasteiger partial charge in [-0.05, 0) is 6.07 Å². The standard InChI is InChI=1S/C11H11ClN2O5/c12-10-8(14(16)17)3-6(11(13)15)4-9(10)19-7-1-2-18-5-7/h3-4,7H,1-2,5H2,(H2,13,15). The molecule has 8 heteroatoms. The largest absolute Gasteiger partial charge is 0.486 e. The van der Waals surface area contributed by atoms with Crippen LogP contribution in [0.1, 0.15) is 16.8 Å². The maximum Gasteiger partial charge on any atom is 0.292 e. The maximum absolute atomic E-state index is 11.2. The lowest BCUT2D eigenvalue weighted by Gasteiger charge is -2.13. The Bertz CT molecular complexity index is 528. The minimum atomic E-state index is -0.785. The fourth-order valence-corrected chi connectivity index (χ4v) is 1.95. The van der Waals surface area contributed by atoms with Gasteiger partial charge in [0, 0.05) is 18.1 Å². The third kappa shape index (κ3) is 2.94. The van der Waals surface area contributed by atoms with E-state index in [1.54, 1.807) is 0 Å². The number of carbonyl (C=O) groups excluding carboxylic acids is 1. The first kappa shape index (κ1) is 13.6. The molecule has 1 atom stereocenters. The molecule has 7 nitrogen and oxygen atoms in total. The molecule has 1 aromatic carbocycles. The predicted molar refractivity (Wildman–Crippen MR) is 66.5 cm³/mol. The Morgan fingerprint density at radius 3 is 2.84 bits per heavy atom. The molecule has 1 saturated heterocycles. The summed E-state index contributed by atoms with van der Waals surface area (Å²) in [6.45, 7) is 0.935. The minimum Gasteiger partial charge on any atom is -0.486 e. The van der Waals surface area contributed by atoms with Crippen LogP contribution in [0.15, 0.2) is 12.1 Å². The highest BCUT2D eigenvalue weighted by Gasteiger charge is 2.24. The van der Waals surface area contributed by atoms with Gasteiger partial charge in [0.15, 0.2) is 5.02 Å². The second kappa shape index (κ2) is 5.41. The van der Waals surface area contributed by atoms with Crippen LogP contribution in [-0.2, 0) is 4.74 Å². The number of amides is 1. The fraction of sp³-hybridized carbons (Fsp3) is 0.364. The minimum absolute atomic E-state index is 0.0231. The lowest BCUT2D eigenvalue weighted by atomic mass is 10.1. The molecule has 0 aliphatic carbocycles. The molecule has 1 amide bonds. The van der Waals surface area contributed by atoms with E-state index in [0.29, 0.717) is 19.6 Å². The van der Waals surface area contributed by atoms with Crippen LogP contribution in [0.4, 0.5) is 5.69 Å². The van der Waals surface area contributed by atoms with Crippen LogP contribution in [0.3, 0.4) is 0 Å². The van der Waals surface area contributed by atoms with E-state index in [4.69, 9.17) is 26.8 Å². The quantitative estimate of drug-likeness (QED) is 0.667. The molecule has 2 N–H and O–H groups in total. The Morgan fingerprint density at radius 2 is 2.32 bits per heavy atom. The summed E-state index contributed by atoms with van der Waals surface area (Å²) in [7, 11) is 0. The number of primary amides is 1. The molecule has 0 aromatic heterocycles. The predicted octanol–water partition coefficient (Wildman–Crippen LogP) is 1.51. The van der Waals surface area contributed by atoms with Crippen molar-refractivity contribution in [2.24, 2.45) is 5.73 Å². The Morgan fingerprint density at radius 1 is 1.58 bits per heavy atom. The SMILES string of the molecule is NC(=O)c1cc(OC2CCOC2)c(Cl)c([N+](=O)[O-])c1. The van der Waals surface area contributed by atoms with E-state index in [-0.39, 0.29) is 22.4 Å². The number of nitro benzene ring substituents is 1. The summed E-state index contributed by atoms with van der Waals surface area (Å²) >= 11 is 5.90. The Labute approximate surface area is 113 Å². The maximum atomic E-state index is 11.2. The molecule has 1 aromatic rings. The van der Waals surface area contributed by atoms with Crippen molar-refractivity contribution in [3.63, 3.8) is 0 Å². The molecule has 1 aliphatic heterocycles. The highest BCUT2D eigenvalue weighted by molar-refractivity contribution is 6.34. The second-order valence-corrected chi connectivity index (χ2v) is 4.41. The van der Waals surface area contributed by atoms with Crippen molar-refractivity contribution >= 4 is 23.2 Å². The molecule has 102 valence electrons. The van der Waals surface area contributed by atoms with Gasteiger partial charge in [0.1, 0.15) is 11.9 Å². The second-order valence-electron chi connectivity index (χ2n) is 4.03. The van der Waals surface area contributed by atoms with Crippen molar-refractivity contribution in [3.05, 3.63) is 32.8 Å². The Balaban J connectivity index is 2.39. The average molecular weight is 287 g/mol. The summed E-state index contributed by atoms with van der Waals surface area (Å²) in [5, 5.41) is 10.7. The van der Waals surface area contributed by atoms with Gasteiger partial charge >= 0.3 is 0 Å². The lowest BCUT2D eigenvalue weighted by molar-refractivity contribution is -0.384. The first-order chi connectivity index (χ1) is 8.99. The van der Waals surface area contributed by atoms with Crippen molar-refractivity contribution < 1.29 is 19.2 Å². The van der Waals surface area contributed by atoms with E-state index >= 15 is 0 Å². The molecule has 0 bridgehead atoms. The van der Waals surface area contributed by atoms with Crippen molar-refractivity contribution in [3.8, 4) is 5.75 Å². The lowest BCUT2D eigenvalue weighted by Crippen LogP contribution is -2.17. The van der Waals surface area contributed by atoms with Crippen LogP contribution in [0.2, 0.25) is 5.02 Å². The molecule has 1 fully saturated rings. The van der Waals surface area contributed by atoms with Crippen LogP contribution in [0.5, 0.6) is 5.75 Å². The summed E-state index contributed by atoms with van der Waals surface area (Å²) in [5.74, 6) is -0.715. The molecule has 0 saturated carbocycles. The van der Waals surface area contributed by atoms with Crippen molar-refractivity contribution in [1.29, 1.82) is 0 Å². The van der Waals surface area contributed by atoms with Gasteiger partial charge in [0.05, 0.1) is 18.1 Å². The Hall–Kier alpha value is -1.86. The van der Waals surface area contributed by atoms with Gasteiger partial charge in [-0.2, -0.15) is 0 Å². The zero-order chi connectivity index (χ0) is 14.0. The zero-order valence-electron chi connectivity index (χ0n) is 9.80. The molecular weight excluding hydrogens is 276 g/mol. The first-order valence-electron chi connectivity index (χ1n) is 5.51. The van der Waals surface area contributed by atoms with Gasteiger partial charge in [-0.3, -0.25) is 14.9 Å². The number of nitrogens with two attached hydrogens (primary N) is 1. The number of hydrogen-bond donors (Lipinski definition) is 1.